The lowest BCUT2D eigenvalue weighted by Gasteiger charge is -2.30. The Hall–Kier alpha value is -3.27. The first kappa shape index (κ1) is 22.9. The second kappa shape index (κ2) is 9.70. The van der Waals surface area contributed by atoms with Crippen molar-refractivity contribution in [3.8, 4) is 0 Å². The van der Waals surface area contributed by atoms with Crippen LogP contribution < -0.4 is 21.1 Å². The van der Waals surface area contributed by atoms with Crippen molar-refractivity contribution in [2.75, 3.05) is 30.4 Å². The maximum absolute atomic E-state index is 13.0. The Morgan fingerprint density at radius 1 is 1.24 bits per heavy atom. The fourth-order valence-corrected chi connectivity index (χ4v) is 5.18. The Balaban J connectivity index is 1.49. The van der Waals surface area contributed by atoms with Crippen molar-refractivity contribution in [3.05, 3.63) is 46.0 Å². The van der Waals surface area contributed by atoms with E-state index in [4.69, 9.17) is 0 Å². The fourth-order valence-electron chi connectivity index (χ4n) is 4.16. The van der Waals surface area contributed by atoms with Crippen molar-refractivity contribution < 1.29 is 9.59 Å². The smallest absolute Gasteiger partial charge is 0.273 e. The minimum atomic E-state index is -0.278. The Kier molecular flexibility index (Phi) is 6.73. The number of thiazole rings is 1. The molecule has 2 N–H and O–H groups in total. The van der Waals surface area contributed by atoms with Crippen LogP contribution in [0.5, 0.6) is 0 Å². The van der Waals surface area contributed by atoms with Gasteiger partial charge in [-0.3, -0.25) is 19.0 Å². The number of nitrogens with zero attached hydrogens (tertiary/aromatic N) is 4. The van der Waals surface area contributed by atoms with Crippen LogP contribution >= 0.6 is 11.3 Å². The van der Waals surface area contributed by atoms with Gasteiger partial charge < -0.3 is 15.5 Å². The summed E-state index contributed by atoms with van der Waals surface area (Å²) >= 11 is 1.29. The van der Waals surface area contributed by atoms with Gasteiger partial charge in [0.05, 0.1) is 0 Å². The molecule has 1 saturated heterocycles. The van der Waals surface area contributed by atoms with Crippen LogP contribution in [-0.4, -0.2) is 46.5 Å². The first-order chi connectivity index (χ1) is 15.9. The number of nitrogens with one attached hydrogen (secondary N) is 2. The average molecular weight is 469 g/mol. The van der Waals surface area contributed by atoms with Gasteiger partial charge in [-0.2, -0.15) is 4.98 Å². The number of hydrogen-bond acceptors (Lipinski definition) is 7. The van der Waals surface area contributed by atoms with Crippen LogP contribution in [0.4, 0.5) is 10.8 Å². The van der Waals surface area contributed by atoms with Crippen LogP contribution in [0.15, 0.2) is 29.3 Å². The van der Waals surface area contributed by atoms with Gasteiger partial charge in [-0.1, -0.05) is 36.5 Å². The fraction of sp³-hybridized carbons (Fsp3) is 0.435. The molecule has 0 unspecified atom stereocenters. The van der Waals surface area contributed by atoms with E-state index in [1.807, 2.05) is 32.0 Å². The second-order valence-corrected chi connectivity index (χ2v) is 9.19. The summed E-state index contributed by atoms with van der Waals surface area (Å²) in [6.07, 6.45) is 3.66. The van der Waals surface area contributed by atoms with E-state index in [1.54, 1.807) is 7.05 Å². The highest BCUT2D eigenvalue weighted by atomic mass is 32.1. The summed E-state index contributed by atoms with van der Waals surface area (Å²) in [6, 6.07) is 5.90. The Morgan fingerprint density at radius 2 is 2.00 bits per heavy atom. The summed E-state index contributed by atoms with van der Waals surface area (Å²) in [7, 11) is 1.66. The second-order valence-electron chi connectivity index (χ2n) is 8.21. The van der Waals surface area contributed by atoms with Crippen LogP contribution in [0.3, 0.4) is 0 Å². The molecule has 1 aliphatic heterocycles. The van der Waals surface area contributed by atoms with E-state index in [-0.39, 0.29) is 29.8 Å². The van der Waals surface area contributed by atoms with E-state index in [0.717, 1.165) is 41.2 Å². The first-order valence-electron chi connectivity index (χ1n) is 11.1. The lowest BCUT2D eigenvalue weighted by atomic mass is 9.96. The van der Waals surface area contributed by atoms with Gasteiger partial charge in [0, 0.05) is 31.7 Å². The number of benzene rings is 1. The SMILES string of the molecule is CCc1cccc(C)c1NC(=O)Cn1cnc2nc(N3CCC(C(=O)NC)CC3)sc2c1=O. The predicted molar refractivity (Wildman–Crippen MR) is 130 cm³/mol. The lowest BCUT2D eigenvalue weighted by Crippen LogP contribution is -2.39. The van der Waals surface area contributed by atoms with E-state index >= 15 is 0 Å². The van der Waals surface area contributed by atoms with Gasteiger partial charge in [-0.15, -0.1) is 0 Å². The molecule has 0 aliphatic carbocycles. The Bertz CT molecular complexity index is 1240. The van der Waals surface area contributed by atoms with Gasteiger partial charge in [0.15, 0.2) is 10.8 Å². The van der Waals surface area contributed by atoms with Gasteiger partial charge in [-0.05, 0) is 37.3 Å². The summed E-state index contributed by atoms with van der Waals surface area (Å²) in [4.78, 5) is 48.5. The van der Waals surface area contributed by atoms with Crippen LogP contribution in [0.25, 0.3) is 10.3 Å². The largest absolute Gasteiger partial charge is 0.359 e. The minimum Gasteiger partial charge on any atom is -0.359 e. The van der Waals surface area contributed by atoms with Crippen molar-refractivity contribution in [3.63, 3.8) is 0 Å². The molecule has 4 rings (SSSR count). The molecular weight excluding hydrogens is 440 g/mol. The zero-order chi connectivity index (χ0) is 23.5. The maximum atomic E-state index is 13.0. The minimum absolute atomic E-state index is 0.0102. The number of hydrogen-bond donors (Lipinski definition) is 2. The number of carbonyl (C=O) groups is 2. The molecule has 0 radical (unpaired) electrons. The van der Waals surface area contributed by atoms with Crippen LogP contribution in [0.2, 0.25) is 0 Å². The monoisotopic (exact) mass is 468 g/mol. The number of aromatic nitrogens is 3. The van der Waals surface area contributed by atoms with E-state index in [0.29, 0.717) is 23.4 Å². The molecule has 10 heteroatoms. The standard InChI is InChI=1S/C23H28N6O3S/c1-4-15-7-5-6-14(2)18(15)26-17(30)12-29-13-25-20-19(22(29)32)33-23(27-20)28-10-8-16(9-11-28)21(31)24-3/h5-7,13,16H,4,8-12H2,1-3H3,(H,24,31)(H,26,30). The quantitative estimate of drug-likeness (QED) is 0.575. The third kappa shape index (κ3) is 4.75. The predicted octanol–water partition coefficient (Wildman–Crippen LogP) is 2.32. The van der Waals surface area contributed by atoms with Crippen molar-refractivity contribution in [1.82, 2.24) is 19.9 Å². The molecule has 0 bridgehead atoms. The highest BCUT2D eigenvalue weighted by Gasteiger charge is 2.26. The number of anilines is 2. The molecule has 2 aromatic heterocycles. The molecule has 0 spiro atoms. The molecular formula is C23H28N6O3S. The number of amides is 2. The van der Waals surface area contributed by atoms with Gasteiger partial charge >= 0.3 is 0 Å². The van der Waals surface area contributed by atoms with E-state index in [1.165, 1.54) is 22.2 Å². The summed E-state index contributed by atoms with van der Waals surface area (Å²) < 4.78 is 1.75. The third-order valence-corrected chi connectivity index (χ3v) is 7.17. The summed E-state index contributed by atoms with van der Waals surface area (Å²) in [5.41, 5.74) is 2.94. The van der Waals surface area contributed by atoms with Crippen molar-refractivity contribution in [2.45, 2.75) is 39.7 Å². The number of fused-ring (bicyclic) bond motifs is 1. The van der Waals surface area contributed by atoms with Crippen LogP contribution in [-0.2, 0) is 22.6 Å². The number of aryl methyl sites for hydroxylation is 2. The number of rotatable bonds is 6. The molecule has 1 aliphatic rings. The van der Waals surface area contributed by atoms with E-state index in [2.05, 4.69) is 25.5 Å². The molecule has 0 atom stereocenters. The first-order valence-corrected chi connectivity index (χ1v) is 11.9. The van der Waals surface area contributed by atoms with Crippen LogP contribution in [0.1, 0.15) is 30.9 Å². The van der Waals surface area contributed by atoms with Crippen LogP contribution in [0, 0.1) is 12.8 Å². The number of carbonyl (C=O) groups excluding carboxylic acids is 2. The Labute approximate surface area is 195 Å². The Morgan fingerprint density at radius 3 is 2.70 bits per heavy atom. The summed E-state index contributed by atoms with van der Waals surface area (Å²) in [5, 5.41) is 6.38. The summed E-state index contributed by atoms with van der Waals surface area (Å²) in [6.45, 7) is 5.26. The lowest BCUT2D eigenvalue weighted by molar-refractivity contribution is -0.125. The van der Waals surface area contributed by atoms with Crippen molar-refractivity contribution >= 4 is 44.3 Å². The molecule has 33 heavy (non-hydrogen) atoms. The van der Waals surface area contributed by atoms with Crippen molar-refractivity contribution in [2.24, 2.45) is 5.92 Å². The zero-order valence-electron chi connectivity index (χ0n) is 19.1. The van der Waals surface area contributed by atoms with E-state index in [9.17, 15) is 14.4 Å². The molecule has 0 saturated carbocycles. The number of piperidine rings is 1. The third-order valence-electron chi connectivity index (χ3n) is 6.07. The topological polar surface area (TPSA) is 109 Å². The highest BCUT2D eigenvalue weighted by molar-refractivity contribution is 7.22. The van der Waals surface area contributed by atoms with Crippen molar-refractivity contribution in [1.29, 1.82) is 0 Å². The molecule has 1 aromatic carbocycles. The van der Waals surface area contributed by atoms with E-state index < -0.39 is 0 Å². The van der Waals surface area contributed by atoms with Gasteiger partial charge in [0.1, 0.15) is 17.6 Å². The molecule has 3 aromatic rings. The molecule has 9 nitrogen and oxygen atoms in total. The molecule has 1 fully saturated rings. The molecule has 174 valence electrons. The normalized spacial score (nSPS) is 14.5. The van der Waals surface area contributed by atoms with Gasteiger partial charge in [-0.25, -0.2) is 4.98 Å². The summed E-state index contributed by atoms with van der Waals surface area (Å²) in [5.74, 6) is -0.197. The van der Waals surface area contributed by atoms with Gasteiger partial charge in [0.2, 0.25) is 11.8 Å². The molecule has 3 heterocycles. The maximum Gasteiger partial charge on any atom is 0.273 e. The average Bonchev–Trinajstić information content (AvgIpc) is 3.27. The highest BCUT2D eigenvalue weighted by Crippen LogP contribution is 2.29. The number of para-hydroxylation sites is 1. The van der Waals surface area contributed by atoms with Gasteiger partial charge in [0.25, 0.3) is 5.56 Å². The zero-order valence-corrected chi connectivity index (χ0v) is 19.9. The molecule has 2 amide bonds.